The van der Waals surface area contributed by atoms with Crippen molar-refractivity contribution in [3.63, 3.8) is 0 Å². The molecule has 1 aromatic heterocycles. The molecule has 1 fully saturated rings. The first-order valence-corrected chi connectivity index (χ1v) is 7.50. The fourth-order valence-corrected chi connectivity index (χ4v) is 3.32. The van der Waals surface area contributed by atoms with Crippen LogP contribution in [0.5, 0.6) is 11.5 Å². The predicted octanol–water partition coefficient (Wildman–Crippen LogP) is 3.01. The van der Waals surface area contributed by atoms with Crippen molar-refractivity contribution >= 4 is 0 Å². The van der Waals surface area contributed by atoms with Gasteiger partial charge in [-0.25, -0.2) is 0 Å². The maximum absolute atomic E-state index is 5.42. The average Bonchev–Trinajstić information content (AvgIpc) is 2.84. The first-order valence-electron chi connectivity index (χ1n) is 7.50. The van der Waals surface area contributed by atoms with Gasteiger partial charge in [0.1, 0.15) is 0 Å². The van der Waals surface area contributed by atoms with E-state index in [2.05, 4.69) is 24.1 Å². The SMILES string of the molecule is CCC1CCC(NCc2nccc(OC)c2OC)C1C. The van der Waals surface area contributed by atoms with Crippen molar-refractivity contribution in [3.05, 3.63) is 18.0 Å². The standard InChI is InChI=1S/C16H26N2O2/c1-5-12-6-7-13(11(12)2)18-10-14-16(20-4)15(19-3)8-9-17-14/h8-9,11-13,18H,5-7,10H2,1-4H3. The molecule has 1 aliphatic carbocycles. The molecule has 2 rings (SSSR count). The number of methoxy groups -OCH3 is 2. The van der Waals surface area contributed by atoms with Gasteiger partial charge in [-0.15, -0.1) is 0 Å². The predicted molar refractivity (Wildman–Crippen MR) is 80.1 cm³/mol. The molecule has 0 spiro atoms. The van der Waals surface area contributed by atoms with Crippen LogP contribution in [0.15, 0.2) is 12.3 Å². The van der Waals surface area contributed by atoms with Crippen molar-refractivity contribution in [2.45, 2.75) is 45.7 Å². The van der Waals surface area contributed by atoms with Crippen molar-refractivity contribution in [3.8, 4) is 11.5 Å². The van der Waals surface area contributed by atoms with Crippen molar-refractivity contribution < 1.29 is 9.47 Å². The minimum Gasteiger partial charge on any atom is -0.493 e. The summed E-state index contributed by atoms with van der Waals surface area (Å²) in [5, 5.41) is 3.64. The highest BCUT2D eigenvalue weighted by Gasteiger charge is 2.31. The van der Waals surface area contributed by atoms with Gasteiger partial charge in [0.05, 0.1) is 19.9 Å². The molecule has 0 aromatic carbocycles. The Bertz CT molecular complexity index is 436. The lowest BCUT2D eigenvalue weighted by Crippen LogP contribution is -2.32. The number of hydrogen-bond acceptors (Lipinski definition) is 4. The van der Waals surface area contributed by atoms with Crippen molar-refractivity contribution in [1.29, 1.82) is 0 Å². The minimum absolute atomic E-state index is 0.581. The van der Waals surface area contributed by atoms with Crippen LogP contribution < -0.4 is 14.8 Å². The molecular weight excluding hydrogens is 252 g/mol. The van der Waals surface area contributed by atoms with E-state index in [1.54, 1.807) is 20.4 Å². The number of nitrogens with zero attached hydrogens (tertiary/aromatic N) is 1. The van der Waals surface area contributed by atoms with Crippen LogP contribution in [0.1, 0.15) is 38.8 Å². The van der Waals surface area contributed by atoms with Crippen LogP contribution in [0.3, 0.4) is 0 Å². The lowest BCUT2D eigenvalue weighted by atomic mass is 9.93. The summed E-state index contributed by atoms with van der Waals surface area (Å²) in [7, 11) is 3.31. The first kappa shape index (κ1) is 15.1. The molecule has 1 N–H and O–H groups in total. The minimum atomic E-state index is 0.581. The third-order valence-electron chi connectivity index (χ3n) is 4.65. The van der Waals surface area contributed by atoms with Gasteiger partial charge in [-0.3, -0.25) is 4.98 Å². The zero-order chi connectivity index (χ0) is 14.5. The molecule has 0 amide bonds. The summed E-state index contributed by atoms with van der Waals surface area (Å²) in [5.74, 6) is 3.06. The van der Waals surface area contributed by atoms with Gasteiger partial charge in [0.15, 0.2) is 11.5 Å². The third kappa shape index (κ3) is 3.06. The molecule has 1 saturated carbocycles. The van der Waals surface area contributed by atoms with Crippen molar-refractivity contribution in [2.75, 3.05) is 14.2 Å². The van der Waals surface area contributed by atoms with E-state index in [0.717, 1.165) is 35.6 Å². The lowest BCUT2D eigenvalue weighted by Gasteiger charge is -2.21. The Morgan fingerprint density at radius 3 is 2.70 bits per heavy atom. The Morgan fingerprint density at radius 2 is 2.10 bits per heavy atom. The van der Waals surface area contributed by atoms with E-state index in [-0.39, 0.29) is 0 Å². The van der Waals surface area contributed by atoms with E-state index < -0.39 is 0 Å². The Kier molecular flexibility index (Phi) is 5.24. The molecule has 0 aliphatic heterocycles. The third-order valence-corrected chi connectivity index (χ3v) is 4.65. The van der Waals surface area contributed by atoms with E-state index in [4.69, 9.17) is 9.47 Å². The van der Waals surface area contributed by atoms with E-state index in [9.17, 15) is 0 Å². The Morgan fingerprint density at radius 1 is 1.30 bits per heavy atom. The maximum Gasteiger partial charge on any atom is 0.183 e. The molecule has 112 valence electrons. The summed E-state index contributed by atoms with van der Waals surface area (Å²) in [5.41, 5.74) is 0.916. The monoisotopic (exact) mass is 278 g/mol. The lowest BCUT2D eigenvalue weighted by molar-refractivity contribution is 0.332. The molecular formula is C16H26N2O2. The first-order chi connectivity index (χ1) is 9.71. The molecule has 3 atom stereocenters. The van der Waals surface area contributed by atoms with Gasteiger partial charge in [0, 0.05) is 24.8 Å². The van der Waals surface area contributed by atoms with Gasteiger partial charge < -0.3 is 14.8 Å². The van der Waals surface area contributed by atoms with Gasteiger partial charge in [-0.2, -0.15) is 0 Å². The molecule has 0 saturated heterocycles. The van der Waals surface area contributed by atoms with Gasteiger partial charge in [0.2, 0.25) is 0 Å². The van der Waals surface area contributed by atoms with Crippen LogP contribution in [0.4, 0.5) is 0 Å². The number of hydrogen-bond donors (Lipinski definition) is 1. The summed E-state index contributed by atoms with van der Waals surface area (Å²) in [6.07, 6.45) is 5.63. The molecule has 0 radical (unpaired) electrons. The molecule has 3 unspecified atom stereocenters. The number of pyridine rings is 1. The quantitative estimate of drug-likeness (QED) is 0.868. The number of rotatable bonds is 6. The number of aromatic nitrogens is 1. The zero-order valence-corrected chi connectivity index (χ0v) is 13.0. The number of nitrogens with one attached hydrogen (secondary N) is 1. The molecule has 1 aliphatic rings. The van der Waals surface area contributed by atoms with E-state index in [0.29, 0.717) is 6.04 Å². The smallest absolute Gasteiger partial charge is 0.183 e. The van der Waals surface area contributed by atoms with Crippen molar-refractivity contribution in [1.82, 2.24) is 10.3 Å². The Hall–Kier alpha value is -1.29. The molecule has 1 heterocycles. The van der Waals surface area contributed by atoms with E-state index in [1.165, 1.54) is 19.3 Å². The van der Waals surface area contributed by atoms with Crippen LogP contribution in [0.2, 0.25) is 0 Å². The Balaban J connectivity index is 2.01. The van der Waals surface area contributed by atoms with Crippen LogP contribution in [-0.2, 0) is 6.54 Å². The number of ether oxygens (including phenoxy) is 2. The second-order valence-electron chi connectivity index (χ2n) is 5.59. The van der Waals surface area contributed by atoms with Crippen LogP contribution in [0.25, 0.3) is 0 Å². The highest BCUT2D eigenvalue weighted by molar-refractivity contribution is 5.42. The van der Waals surface area contributed by atoms with E-state index >= 15 is 0 Å². The molecule has 0 bridgehead atoms. The molecule has 20 heavy (non-hydrogen) atoms. The largest absolute Gasteiger partial charge is 0.493 e. The topological polar surface area (TPSA) is 43.4 Å². The van der Waals surface area contributed by atoms with E-state index in [1.807, 2.05) is 6.07 Å². The van der Waals surface area contributed by atoms with Crippen LogP contribution in [0, 0.1) is 11.8 Å². The molecule has 1 aromatic rings. The van der Waals surface area contributed by atoms with Gasteiger partial charge in [-0.1, -0.05) is 20.3 Å². The van der Waals surface area contributed by atoms with Gasteiger partial charge in [-0.05, 0) is 24.7 Å². The molecule has 4 nitrogen and oxygen atoms in total. The van der Waals surface area contributed by atoms with Crippen LogP contribution in [-0.4, -0.2) is 25.2 Å². The van der Waals surface area contributed by atoms with Gasteiger partial charge in [0.25, 0.3) is 0 Å². The molecule has 4 heteroatoms. The summed E-state index contributed by atoms with van der Waals surface area (Å²) >= 11 is 0. The fraction of sp³-hybridized carbons (Fsp3) is 0.688. The summed E-state index contributed by atoms with van der Waals surface area (Å²) in [4.78, 5) is 4.42. The summed E-state index contributed by atoms with van der Waals surface area (Å²) < 4.78 is 10.7. The maximum atomic E-state index is 5.42. The summed E-state index contributed by atoms with van der Waals surface area (Å²) in [6.45, 7) is 5.37. The highest BCUT2D eigenvalue weighted by Crippen LogP contribution is 2.34. The fourth-order valence-electron chi connectivity index (χ4n) is 3.32. The average molecular weight is 278 g/mol. The zero-order valence-electron chi connectivity index (χ0n) is 13.0. The second-order valence-corrected chi connectivity index (χ2v) is 5.59. The normalized spacial score (nSPS) is 25.7. The van der Waals surface area contributed by atoms with Gasteiger partial charge >= 0.3 is 0 Å². The van der Waals surface area contributed by atoms with Crippen LogP contribution >= 0.6 is 0 Å². The highest BCUT2D eigenvalue weighted by atomic mass is 16.5. The summed E-state index contributed by atoms with van der Waals surface area (Å²) in [6, 6.07) is 2.41. The second kappa shape index (κ2) is 6.93. The Labute approximate surface area is 121 Å². The van der Waals surface area contributed by atoms with Crippen molar-refractivity contribution in [2.24, 2.45) is 11.8 Å².